The van der Waals surface area contributed by atoms with Crippen LogP contribution in [0.2, 0.25) is 0 Å². The number of halogens is 5. The maximum Gasteiger partial charge on any atom is 0.200 e. The second kappa shape index (κ2) is 27.6. The minimum absolute atomic E-state index is 0.0618. The normalized spacial score (nSPS) is 13.8. The summed E-state index contributed by atoms with van der Waals surface area (Å²) in [5, 5.41) is 19.2. The Kier molecular flexibility index (Phi) is 16.7. The molecule has 3 heterocycles. The van der Waals surface area contributed by atoms with Gasteiger partial charge >= 0.3 is 0 Å². The molecule has 0 radical (unpaired) electrons. The van der Waals surface area contributed by atoms with Gasteiger partial charge in [0.2, 0.25) is 5.82 Å². The Morgan fingerprint density at radius 2 is 0.566 bits per heavy atom. The Labute approximate surface area is 702 Å². The third-order valence-electron chi connectivity index (χ3n) is 26.4. The number of hydrogen-bond acceptors (Lipinski definition) is 4. The van der Waals surface area contributed by atoms with Gasteiger partial charge in [0.25, 0.3) is 0 Å². The largest absolute Gasteiger partial charge is 0.456 e. The van der Waals surface area contributed by atoms with Crippen LogP contribution < -0.4 is 19.1 Å². The molecule has 0 aromatic heterocycles. The first kappa shape index (κ1) is 73.9. The molecule has 0 fully saturated rings. The Bertz CT molecular complexity index is 7770. The molecule has 588 valence electrons. The third-order valence-corrected chi connectivity index (χ3v) is 26.4. The lowest BCUT2D eigenvalue weighted by molar-refractivity contribution is 0.381. The fourth-order valence-electron chi connectivity index (χ4n) is 20.2. The zero-order valence-corrected chi connectivity index (χ0v) is 68.2. The van der Waals surface area contributed by atoms with Crippen LogP contribution in [0.3, 0.4) is 0 Å². The highest BCUT2D eigenvalue weighted by Gasteiger charge is 2.41. The first-order valence-corrected chi connectivity index (χ1v) is 41.5. The number of benzene rings is 21. The van der Waals surface area contributed by atoms with Crippen molar-refractivity contribution in [3.05, 3.63) is 401 Å². The molecule has 3 aliphatic rings. The lowest BCUT2D eigenvalue weighted by Gasteiger charge is -2.35. The first-order valence-electron chi connectivity index (χ1n) is 41.5. The van der Waals surface area contributed by atoms with Crippen LogP contribution >= 0.6 is 0 Å². The van der Waals surface area contributed by atoms with E-state index in [1.54, 1.807) is 12.1 Å². The van der Waals surface area contributed by atoms with Gasteiger partial charge in [-0.25, -0.2) is 22.0 Å². The highest BCUT2D eigenvalue weighted by atomic mass is 19.2. The van der Waals surface area contributed by atoms with Crippen LogP contribution in [0.5, 0.6) is 34.5 Å². The van der Waals surface area contributed by atoms with Gasteiger partial charge in [-0.1, -0.05) is 272 Å². The number of hydrogen-bond donors (Lipinski definition) is 0. The number of rotatable bonds is 7. The van der Waals surface area contributed by atoms with Gasteiger partial charge in [0.1, 0.15) is 34.5 Å². The highest BCUT2D eigenvalue weighted by molar-refractivity contribution is 6.31. The van der Waals surface area contributed by atoms with E-state index < -0.39 is 40.1 Å². The number of fused-ring (bicyclic) bond motifs is 9. The molecule has 3 aliphatic heterocycles. The van der Waals surface area contributed by atoms with E-state index >= 15 is 8.78 Å². The zero-order valence-electron chi connectivity index (χ0n) is 68.2. The number of aryl methyl sites for hydroxylation is 2. The van der Waals surface area contributed by atoms with Crippen molar-refractivity contribution < 1.29 is 36.2 Å². The monoisotopic (exact) mass is 1590 g/mol. The molecule has 0 atom stereocenters. The van der Waals surface area contributed by atoms with Crippen LogP contribution in [0.1, 0.15) is 86.1 Å². The molecule has 0 aliphatic carbocycles. The molecule has 21 aromatic rings. The smallest absolute Gasteiger partial charge is 0.200 e. The highest BCUT2D eigenvalue weighted by Crippen LogP contribution is 2.59. The average Bonchev–Trinajstić information content (AvgIpc) is 0.705. The Morgan fingerprint density at radius 3 is 1.02 bits per heavy atom. The summed E-state index contributed by atoms with van der Waals surface area (Å²) in [4.78, 5) is 2.38. The summed E-state index contributed by atoms with van der Waals surface area (Å²) >= 11 is 0. The third kappa shape index (κ3) is 11.1. The van der Waals surface area contributed by atoms with Crippen molar-refractivity contribution in [3.8, 4) is 79.0 Å². The van der Waals surface area contributed by atoms with Gasteiger partial charge in [-0.15, -0.1) is 0 Å². The maximum atomic E-state index is 15.0. The van der Waals surface area contributed by atoms with Crippen molar-refractivity contribution in [2.75, 3.05) is 4.90 Å². The van der Waals surface area contributed by atoms with Crippen LogP contribution in [0.4, 0.5) is 39.0 Å². The van der Waals surface area contributed by atoms with Crippen molar-refractivity contribution in [1.29, 1.82) is 0 Å². The van der Waals surface area contributed by atoms with Gasteiger partial charge in [-0.2, -0.15) is 0 Å². The van der Waals surface area contributed by atoms with Gasteiger partial charge in [-0.3, -0.25) is 0 Å². The molecule has 4 nitrogen and oxygen atoms in total. The van der Waals surface area contributed by atoms with Crippen LogP contribution in [0.15, 0.2) is 328 Å². The molecule has 0 unspecified atom stereocenters. The molecule has 0 saturated heterocycles. The van der Waals surface area contributed by atoms with Gasteiger partial charge in [-0.05, 0) is 226 Å². The lowest BCUT2D eigenvalue weighted by atomic mass is 9.74. The molecular weight excluding hydrogens is 1510 g/mol. The Balaban J connectivity index is 0.000000110. The second-order valence-electron chi connectivity index (χ2n) is 34.4. The minimum Gasteiger partial charge on any atom is -0.456 e. The molecule has 21 aromatic carbocycles. The quantitative estimate of drug-likeness (QED) is 0.0689. The van der Waals surface area contributed by atoms with E-state index in [1.165, 1.54) is 149 Å². The summed E-state index contributed by atoms with van der Waals surface area (Å²) in [6.07, 6.45) is 0. The van der Waals surface area contributed by atoms with E-state index in [0.717, 1.165) is 61.7 Å². The van der Waals surface area contributed by atoms with Gasteiger partial charge in [0.05, 0.1) is 5.56 Å². The Hall–Kier alpha value is -14.4. The SMILES string of the molecule is CC1(C)c2ccccc2Oc2c1cc1cc(-c3c(F)c(F)c(F)c(F)c3F)c3cccc4ccc2c1c43.CC1(C)c2ccccc2Oc2c1cc1ccc3c(-c4ccccc4)cc(-c4ccccc4)c4ccc2c1c34.Cc1ccccc1N(c1ccc(-c2cc3cc4c(c5ccc6cccc2c6c35)Oc2ccccc2C4(C)C)cc1)c1ccccc1C. The summed E-state index contributed by atoms with van der Waals surface area (Å²) in [5.74, 6) is -4.52. The van der Waals surface area contributed by atoms with Crippen molar-refractivity contribution in [2.45, 2.75) is 71.6 Å². The fourth-order valence-corrected chi connectivity index (χ4v) is 20.2. The molecule has 9 heteroatoms. The Morgan fingerprint density at radius 1 is 0.238 bits per heavy atom. The summed E-state index contributed by atoms with van der Waals surface area (Å²) in [6, 6.07) is 115. The molecule has 0 bridgehead atoms. The van der Waals surface area contributed by atoms with E-state index in [0.29, 0.717) is 21.9 Å². The maximum absolute atomic E-state index is 15.0. The zero-order chi connectivity index (χ0) is 83.1. The molecule has 122 heavy (non-hydrogen) atoms. The van der Waals surface area contributed by atoms with Crippen LogP contribution in [-0.4, -0.2) is 0 Å². The van der Waals surface area contributed by atoms with E-state index in [1.807, 2.05) is 48.5 Å². The number of para-hydroxylation sites is 5. The predicted octanol–water partition coefficient (Wildman–Crippen LogP) is 32.5. The van der Waals surface area contributed by atoms with Crippen LogP contribution in [-0.2, 0) is 16.2 Å². The van der Waals surface area contributed by atoms with Crippen molar-refractivity contribution in [1.82, 2.24) is 0 Å². The average molecular weight is 1590 g/mol. The minimum atomic E-state index is -2.18. The molecule has 0 saturated carbocycles. The second-order valence-corrected chi connectivity index (χ2v) is 34.4. The van der Waals surface area contributed by atoms with Crippen molar-refractivity contribution in [3.63, 3.8) is 0 Å². The molecule has 0 spiro atoms. The number of ether oxygens (including phenoxy) is 3. The fraction of sp³-hybridized carbons (Fsp3) is 0.0973. The molecule has 24 rings (SSSR count). The van der Waals surface area contributed by atoms with Crippen molar-refractivity contribution in [2.24, 2.45) is 0 Å². The summed E-state index contributed by atoms with van der Waals surface area (Å²) in [6.45, 7) is 17.8. The molecule has 0 N–H and O–H groups in total. The van der Waals surface area contributed by atoms with E-state index in [2.05, 4.69) is 321 Å². The number of nitrogens with zero attached hydrogens (tertiary/aromatic N) is 1. The van der Waals surface area contributed by atoms with Crippen molar-refractivity contribution >= 4 is 114 Å². The van der Waals surface area contributed by atoms with Gasteiger partial charge in [0.15, 0.2) is 23.3 Å². The van der Waals surface area contributed by atoms with E-state index in [4.69, 9.17) is 14.2 Å². The van der Waals surface area contributed by atoms with Crippen LogP contribution in [0, 0.1) is 42.9 Å². The van der Waals surface area contributed by atoms with E-state index in [9.17, 15) is 13.2 Å². The van der Waals surface area contributed by atoms with Gasteiger partial charge in [0, 0.05) is 99.0 Å². The summed E-state index contributed by atoms with van der Waals surface area (Å²) < 4.78 is 92.2. The molecular formula is C113H78F5NO3. The van der Waals surface area contributed by atoms with Crippen LogP contribution in [0.25, 0.3) is 141 Å². The topological polar surface area (TPSA) is 30.9 Å². The standard InChI is InChI=1S/C45H35NO.C37H26O.C31H17F5O/c1-28-12-5-8-17-39(28)46(40-18-9-6-13-29(40)2)33-23-20-30(21-24-33)36-26-32-27-38-44(47-41-19-10-7-16-37(41)45(38,3)4)35-25-22-31-14-11-15-34(36)42(31)43(32)35;1-37(2)31-15-9-10-16-33(31)38-36-28-20-19-27-30(24-13-7-4-8-14-24)22-29(23-11-5-3-6-12-23)26-18-17-25(21-32(36)37)34(28)35(26)27;1-31(2)19-8-3-4-9-21(19)37-30-17-11-10-14-6-5-7-16-18(12-15(13-20(30)31)23(17)22(14)16)24-25(32)27(34)29(36)28(35)26(24)33/h5-27H,1-4H3;3-22H,1-2H3;3-13H,1-2H3. The van der Waals surface area contributed by atoms with Gasteiger partial charge < -0.3 is 19.1 Å². The lowest BCUT2D eigenvalue weighted by Crippen LogP contribution is -2.24. The summed E-state index contributed by atoms with van der Waals surface area (Å²) in [5.41, 5.74) is 18.4. The first-order chi connectivity index (χ1) is 59.2. The molecule has 0 amide bonds. The predicted molar refractivity (Wildman–Crippen MR) is 492 cm³/mol. The van der Waals surface area contributed by atoms with E-state index in [-0.39, 0.29) is 16.4 Å². The summed E-state index contributed by atoms with van der Waals surface area (Å²) in [7, 11) is 0. The number of anilines is 3.